The first kappa shape index (κ1) is 26.1. The summed E-state index contributed by atoms with van der Waals surface area (Å²) in [5.41, 5.74) is 0.0193. The van der Waals surface area contributed by atoms with Gasteiger partial charge in [0.25, 0.3) is 0 Å². The van der Waals surface area contributed by atoms with Crippen molar-refractivity contribution in [3.63, 3.8) is 0 Å². The summed E-state index contributed by atoms with van der Waals surface area (Å²) in [6, 6.07) is 11.7. The molecule has 3 aromatic rings. The molecule has 0 aliphatic carbocycles. The number of hydrogen-bond donors (Lipinski definition) is 1. The quantitative estimate of drug-likeness (QED) is 0.209. The number of esters is 1. The number of rotatable bonds is 8. The second kappa shape index (κ2) is 11.3. The number of methoxy groups -OCH3 is 2. The molecule has 0 saturated heterocycles. The van der Waals surface area contributed by atoms with Crippen molar-refractivity contribution in [1.82, 2.24) is 9.97 Å². The molecule has 0 bridgehead atoms. The Balaban J connectivity index is 1.93. The van der Waals surface area contributed by atoms with Crippen LogP contribution in [0.25, 0.3) is 5.57 Å². The average molecular weight is 528 g/mol. The van der Waals surface area contributed by atoms with Crippen LogP contribution >= 0.6 is 23.2 Å². The molecule has 2 aromatic carbocycles. The van der Waals surface area contributed by atoms with Gasteiger partial charge in [0.1, 0.15) is 12.2 Å². The molecule has 1 aromatic heterocycles. The van der Waals surface area contributed by atoms with E-state index in [2.05, 4.69) is 15.3 Å². The van der Waals surface area contributed by atoms with Gasteiger partial charge in [-0.05, 0) is 29.3 Å². The molecule has 1 N–H and O–H groups in total. The molecule has 35 heavy (non-hydrogen) atoms. The number of benzene rings is 2. The van der Waals surface area contributed by atoms with Gasteiger partial charge in [0, 0.05) is 11.1 Å². The van der Waals surface area contributed by atoms with Gasteiger partial charge in [-0.1, -0.05) is 47.5 Å². The van der Waals surface area contributed by atoms with E-state index < -0.39 is 17.8 Å². The van der Waals surface area contributed by atoms with E-state index in [1.54, 1.807) is 24.3 Å². The molecule has 0 unspecified atom stereocenters. The van der Waals surface area contributed by atoms with Crippen molar-refractivity contribution in [3.05, 3.63) is 81.7 Å². The topological polar surface area (TPSA) is 82.6 Å². The van der Waals surface area contributed by atoms with Crippen LogP contribution in [0.2, 0.25) is 10.0 Å². The maximum absolute atomic E-state index is 13.5. The highest BCUT2D eigenvalue weighted by atomic mass is 35.5. The first-order valence-electron chi connectivity index (χ1n) is 9.83. The molecule has 184 valence electrons. The molecule has 3 rings (SSSR count). The lowest BCUT2D eigenvalue weighted by Gasteiger charge is -2.15. The van der Waals surface area contributed by atoms with Crippen LogP contribution in [0.15, 0.2) is 54.8 Å². The lowest BCUT2D eigenvalue weighted by molar-refractivity contribution is -0.141. The summed E-state index contributed by atoms with van der Waals surface area (Å²) in [5.74, 6) is -1.40. The molecule has 7 nitrogen and oxygen atoms in total. The van der Waals surface area contributed by atoms with Crippen molar-refractivity contribution in [3.8, 4) is 5.88 Å². The number of aromatic nitrogens is 2. The molecule has 0 aliphatic rings. The van der Waals surface area contributed by atoms with Gasteiger partial charge in [-0.25, -0.2) is 9.78 Å². The Hall–Kier alpha value is -3.50. The van der Waals surface area contributed by atoms with Crippen molar-refractivity contribution in [2.45, 2.75) is 12.8 Å². The molecule has 0 aliphatic heterocycles. The van der Waals surface area contributed by atoms with Crippen LogP contribution in [-0.4, -0.2) is 30.2 Å². The molecule has 0 amide bonds. The smallest absolute Gasteiger partial charge is 0.433 e. The largest absolute Gasteiger partial charge is 0.503 e. The molecule has 0 fully saturated rings. The summed E-state index contributed by atoms with van der Waals surface area (Å²) >= 11 is 12.0. The van der Waals surface area contributed by atoms with Crippen molar-refractivity contribution < 1.29 is 32.2 Å². The van der Waals surface area contributed by atoms with Crippen molar-refractivity contribution in [2.75, 3.05) is 19.5 Å². The van der Waals surface area contributed by atoms with Gasteiger partial charge in [0.2, 0.25) is 11.8 Å². The lowest BCUT2D eigenvalue weighted by Crippen LogP contribution is -2.12. The predicted molar refractivity (Wildman–Crippen MR) is 125 cm³/mol. The Bertz CT molecular complexity index is 1250. The van der Waals surface area contributed by atoms with Gasteiger partial charge in [-0.15, -0.1) is 0 Å². The minimum absolute atomic E-state index is 0.104. The Morgan fingerprint density at radius 3 is 2.49 bits per heavy atom. The summed E-state index contributed by atoms with van der Waals surface area (Å²) in [6.07, 6.45) is -3.56. The molecular formula is C23H18Cl2F3N3O4. The minimum atomic E-state index is -4.77. The normalized spacial score (nSPS) is 11.7. The maximum atomic E-state index is 13.5. The fourth-order valence-electron chi connectivity index (χ4n) is 2.92. The van der Waals surface area contributed by atoms with Gasteiger partial charge < -0.3 is 19.5 Å². The lowest BCUT2D eigenvalue weighted by atomic mass is 10.0. The Kier molecular flexibility index (Phi) is 8.42. The minimum Gasteiger partial charge on any atom is -0.503 e. The number of nitrogens with one attached hydrogen (secondary N) is 1. The number of nitrogens with zero attached hydrogens (tertiary/aromatic N) is 2. The van der Waals surface area contributed by atoms with Crippen molar-refractivity contribution in [1.29, 1.82) is 0 Å². The van der Waals surface area contributed by atoms with E-state index in [9.17, 15) is 18.0 Å². The predicted octanol–water partition coefficient (Wildman–Crippen LogP) is 6.29. The third-order valence-electron chi connectivity index (χ3n) is 4.49. The summed E-state index contributed by atoms with van der Waals surface area (Å²) < 4.78 is 55.7. The van der Waals surface area contributed by atoms with Gasteiger partial charge in [0.05, 0.1) is 31.2 Å². The van der Waals surface area contributed by atoms with E-state index in [-0.39, 0.29) is 34.7 Å². The Morgan fingerprint density at radius 2 is 1.83 bits per heavy atom. The Labute approximate surface area is 208 Å². The zero-order valence-electron chi connectivity index (χ0n) is 18.3. The number of alkyl halides is 3. The van der Waals surface area contributed by atoms with Gasteiger partial charge in [-0.2, -0.15) is 18.2 Å². The van der Waals surface area contributed by atoms with E-state index in [1.165, 1.54) is 38.7 Å². The summed E-state index contributed by atoms with van der Waals surface area (Å²) in [4.78, 5) is 19.7. The third-order valence-corrected chi connectivity index (χ3v) is 5.04. The first-order valence-corrected chi connectivity index (χ1v) is 10.6. The summed E-state index contributed by atoms with van der Waals surface area (Å²) in [7, 11) is 2.58. The SMILES string of the molecule is CO/C=C(/C(=O)OC)c1ccccc1COc1cc(C(F)(F)F)nc(Nc2ccc(Cl)cc2Cl)n1. The molecule has 1 heterocycles. The van der Waals surface area contributed by atoms with E-state index in [0.29, 0.717) is 22.2 Å². The maximum Gasteiger partial charge on any atom is 0.433 e. The van der Waals surface area contributed by atoms with E-state index in [1.807, 2.05) is 0 Å². The highest BCUT2D eigenvalue weighted by Gasteiger charge is 2.34. The summed E-state index contributed by atoms with van der Waals surface area (Å²) in [5, 5.41) is 3.15. The van der Waals surface area contributed by atoms with Gasteiger partial charge in [0.15, 0.2) is 5.69 Å². The van der Waals surface area contributed by atoms with E-state index in [0.717, 1.165) is 0 Å². The highest BCUT2D eigenvalue weighted by Crippen LogP contribution is 2.33. The second-order valence-corrected chi connectivity index (χ2v) is 7.71. The standard InChI is InChI=1S/C23H18Cl2F3N3O4/c1-33-12-16(21(32)34-2)15-6-4-3-5-13(15)11-35-20-10-19(23(26,27)28)30-22(31-20)29-18-8-7-14(24)9-17(18)25/h3-10,12H,11H2,1-2H3,(H,29,30,31)/b16-12+. The monoisotopic (exact) mass is 527 g/mol. The average Bonchev–Trinajstić information content (AvgIpc) is 2.82. The number of hydrogen-bond acceptors (Lipinski definition) is 7. The van der Waals surface area contributed by atoms with Crippen LogP contribution < -0.4 is 10.1 Å². The number of carbonyl (C=O) groups excluding carboxylic acids is 1. The van der Waals surface area contributed by atoms with Crippen LogP contribution in [-0.2, 0) is 27.1 Å². The Morgan fingerprint density at radius 1 is 1.09 bits per heavy atom. The summed E-state index contributed by atoms with van der Waals surface area (Å²) in [6.45, 7) is -0.219. The van der Waals surface area contributed by atoms with Crippen molar-refractivity contribution >= 4 is 46.4 Å². The van der Waals surface area contributed by atoms with Crippen LogP contribution in [0.4, 0.5) is 24.8 Å². The fourth-order valence-corrected chi connectivity index (χ4v) is 3.38. The molecular weight excluding hydrogens is 510 g/mol. The van der Waals surface area contributed by atoms with E-state index >= 15 is 0 Å². The highest BCUT2D eigenvalue weighted by molar-refractivity contribution is 6.36. The number of halogens is 5. The first-order chi connectivity index (χ1) is 16.6. The van der Waals surface area contributed by atoms with Crippen LogP contribution in [0.3, 0.4) is 0 Å². The fraction of sp³-hybridized carbons (Fsp3) is 0.174. The van der Waals surface area contributed by atoms with E-state index in [4.69, 9.17) is 37.4 Å². The van der Waals surface area contributed by atoms with Crippen LogP contribution in [0, 0.1) is 0 Å². The second-order valence-electron chi connectivity index (χ2n) is 6.87. The zero-order chi connectivity index (χ0) is 25.6. The molecule has 0 radical (unpaired) electrons. The number of anilines is 2. The van der Waals surface area contributed by atoms with Gasteiger partial charge in [-0.3, -0.25) is 0 Å². The van der Waals surface area contributed by atoms with Gasteiger partial charge >= 0.3 is 12.1 Å². The third kappa shape index (κ3) is 6.77. The molecule has 0 spiro atoms. The number of carbonyl (C=O) groups is 1. The molecule has 0 saturated carbocycles. The molecule has 12 heteroatoms. The van der Waals surface area contributed by atoms with Crippen LogP contribution in [0.5, 0.6) is 5.88 Å². The molecule has 0 atom stereocenters. The zero-order valence-corrected chi connectivity index (χ0v) is 19.8. The number of ether oxygens (including phenoxy) is 3. The van der Waals surface area contributed by atoms with Crippen LogP contribution in [0.1, 0.15) is 16.8 Å². The van der Waals surface area contributed by atoms with Crippen molar-refractivity contribution in [2.24, 2.45) is 0 Å².